The van der Waals surface area contributed by atoms with Crippen LogP contribution in [0.2, 0.25) is 0 Å². The zero-order chi connectivity index (χ0) is 13.1. The van der Waals surface area contributed by atoms with Crippen LogP contribution in [0.5, 0.6) is 0 Å². The van der Waals surface area contributed by atoms with Crippen molar-refractivity contribution < 1.29 is 0 Å². The van der Waals surface area contributed by atoms with Gasteiger partial charge >= 0.3 is 0 Å². The third-order valence-corrected chi connectivity index (χ3v) is 3.75. The number of aryl methyl sites for hydroxylation is 1. The average molecular weight is 299 g/mol. The number of hydrogen-bond acceptors (Lipinski definition) is 2. The fourth-order valence-electron chi connectivity index (χ4n) is 1.69. The van der Waals surface area contributed by atoms with Crippen LogP contribution in [0.4, 0.5) is 5.69 Å². The molecule has 0 unspecified atom stereocenters. The lowest BCUT2D eigenvalue weighted by molar-refractivity contribution is 0.351. The molecule has 0 bridgehead atoms. The molecular formula is C14H23BrN2. The largest absolute Gasteiger partial charge is 0.374 e. The monoisotopic (exact) mass is 298 g/mol. The Morgan fingerprint density at radius 2 is 2.00 bits per heavy atom. The highest BCUT2D eigenvalue weighted by molar-refractivity contribution is 9.10. The van der Waals surface area contributed by atoms with Gasteiger partial charge in [-0.05, 0) is 43.0 Å². The number of rotatable bonds is 5. The van der Waals surface area contributed by atoms with Crippen molar-refractivity contribution in [2.24, 2.45) is 11.1 Å². The summed E-state index contributed by atoms with van der Waals surface area (Å²) in [5.74, 6) is 0. The Labute approximate surface area is 113 Å². The summed E-state index contributed by atoms with van der Waals surface area (Å²) in [6.45, 7) is 8.34. The van der Waals surface area contributed by atoms with Crippen LogP contribution >= 0.6 is 15.9 Å². The van der Waals surface area contributed by atoms with Crippen molar-refractivity contribution in [1.82, 2.24) is 0 Å². The lowest BCUT2D eigenvalue weighted by atomic mass is 9.89. The molecule has 0 aliphatic rings. The van der Waals surface area contributed by atoms with Crippen molar-refractivity contribution in [2.45, 2.75) is 27.2 Å². The Morgan fingerprint density at radius 1 is 1.35 bits per heavy atom. The van der Waals surface area contributed by atoms with Crippen molar-refractivity contribution in [3.8, 4) is 0 Å². The molecular weight excluding hydrogens is 276 g/mol. The molecule has 0 saturated heterocycles. The molecule has 0 heterocycles. The quantitative estimate of drug-likeness (QED) is 0.900. The van der Waals surface area contributed by atoms with E-state index in [1.165, 1.54) is 11.3 Å². The van der Waals surface area contributed by atoms with Crippen LogP contribution < -0.4 is 10.6 Å². The average Bonchev–Trinajstić information content (AvgIpc) is 2.29. The Morgan fingerprint density at radius 3 is 2.59 bits per heavy atom. The van der Waals surface area contributed by atoms with Gasteiger partial charge in [0.15, 0.2) is 0 Å². The van der Waals surface area contributed by atoms with Crippen LogP contribution in [0.15, 0.2) is 22.7 Å². The summed E-state index contributed by atoms with van der Waals surface area (Å²) in [6, 6.07) is 6.39. The topological polar surface area (TPSA) is 29.3 Å². The lowest BCUT2D eigenvalue weighted by Gasteiger charge is -2.28. The van der Waals surface area contributed by atoms with Crippen molar-refractivity contribution in [3.63, 3.8) is 0 Å². The van der Waals surface area contributed by atoms with E-state index >= 15 is 0 Å². The number of hydrogen-bond donors (Lipinski definition) is 1. The Kier molecular flexibility index (Phi) is 5.02. The van der Waals surface area contributed by atoms with Gasteiger partial charge in [-0.1, -0.05) is 35.8 Å². The second-order valence-electron chi connectivity index (χ2n) is 5.47. The van der Waals surface area contributed by atoms with E-state index < -0.39 is 0 Å². The van der Waals surface area contributed by atoms with Crippen LogP contribution in [0, 0.1) is 12.3 Å². The van der Waals surface area contributed by atoms with Crippen LogP contribution in [0.25, 0.3) is 0 Å². The molecule has 1 aromatic carbocycles. The maximum Gasteiger partial charge on any atom is 0.0404 e. The summed E-state index contributed by atoms with van der Waals surface area (Å²) in [4.78, 5) is 2.30. The zero-order valence-electron chi connectivity index (χ0n) is 11.3. The van der Waals surface area contributed by atoms with Gasteiger partial charge in [0.05, 0.1) is 0 Å². The molecule has 0 aromatic heterocycles. The molecule has 96 valence electrons. The molecule has 0 amide bonds. The highest BCUT2D eigenvalue weighted by atomic mass is 79.9. The molecule has 0 atom stereocenters. The first kappa shape index (κ1) is 14.5. The van der Waals surface area contributed by atoms with Gasteiger partial charge in [0.25, 0.3) is 0 Å². The molecule has 2 nitrogen and oxygen atoms in total. The van der Waals surface area contributed by atoms with E-state index in [2.05, 4.69) is 66.8 Å². The van der Waals surface area contributed by atoms with Crippen molar-refractivity contribution >= 4 is 21.6 Å². The highest BCUT2D eigenvalue weighted by Crippen LogP contribution is 2.25. The smallest absolute Gasteiger partial charge is 0.0404 e. The van der Waals surface area contributed by atoms with Gasteiger partial charge in [-0.2, -0.15) is 0 Å². The van der Waals surface area contributed by atoms with E-state index in [4.69, 9.17) is 5.73 Å². The summed E-state index contributed by atoms with van der Waals surface area (Å²) in [6.07, 6.45) is 1.10. The Hall–Kier alpha value is -0.540. The lowest BCUT2D eigenvalue weighted by Crippen LogP contribution is -2.30. The van der Waals surface area contributed by atoms with E-state index in [1.54, 1.807) is 0 Å². The number of anilines is 1. The van der Waals surface area contributed by atoms with Crippen LogP contribution in [-0.4, -0.2) is 20.1 Å². The van der Waals surface area contributed by atoms with E-state index in [1.807, 2.05) is 0 Å². The van der Waals surface area contributed by atoms with Gasteiger partial charge in [-0.15, -0.1) is 0 Å². The van der Waals surface area contributed by atoms with Crippen LogP contribution in [0.1, 0.15) is 25.8 Å². The number of nitrogens with two attached hydrogens (primary N) is 1. The zero-order valence-corrected chi connectivity index (χ0v) is 12.8. The van der Waals surface area contributed by atoms with Crippen molar-refractivity contribution in [3.05, 3.63) is 28.2 Å². The van der Waals surface area contributed by atoms with E-state index in [0.29, 0.717) is 0 Å². The molecule has 0 fully saturated rings. The summed E-state index contributed by atoms with van der Waals surface area (Å²) in [5, 5.41) is 0. The molecule has 0 spiro atoms. The molecule has 1 rings (SSSR count). The maximum absolute atomic E-state index is 5.76. The van der Waals surface area contributed by atoms with Gasteiger partial charge < -0.3 is 10.6 Å². The number of benzene rings is 1. The summed E-state index contributed by atoms with van der Waals surface area (Å²) in [5.41, 5.74) is 8.57. The van der Waals surface area contributed by atoms with Gasteiger partial charge in [0, 0.05) is 23.8 Å². The minimum atomic E-state index is 0.216. The molecule has 0 aliphatic carbocycles. The fourth-order valence-corrected chi connectivity index (χ4v) is 2.04. The predicted molar refractivity (Wildman–Crippen MR) is 79.6 cm³/mol. The van der Waals surface area contributed by atoms with Crippen LogP contribution in [0.3, 0.4) is 0 Å². The van der Waals surface area contributed by atoms with Crippen molar-refractivity contribution in [1.29, 1.82) is 0 Å². The first-order valence-corrected chi connectivity index (χ1v) is 6.82. The predicted octanol–water partition coefficient (Wildman–Crippen LogP) is 3.57. The number of nitrogens with zero attached hydrogens (tertiary/aromatic N) is 1. The van der Waals surface area contributed by atoms with E-state index in [9.17, 15) is 0 Å². The standard InChI is InChI=1S/C14H23BrN2/c1-11-5-6-12(15)9-13(11)17(4)8-7-14(2,3)10-16/h5-6,9H,7-8,10,16H2,1-4H3. The molecule has 3 heteroatoms. The molecule has 0 radical (unpaired) electrons. The Bertz CT molecular complexity index is 374. The summed E-state index contributed by atoms with van der Waals surface area (Å²) >= 11 is 3.52. The molecule has 0 saturated carbocycles. The van der Waals surface area contributed by atoms with Gasteiger partial charge in [0.2, 0.25) is 0 Å². The normalized spacial score (nSPS) is 11.6. The van der Waals surface area contributed by atoms with E-state index in [0.717, 1.165) is 24.0 Å². The summed E-state index contributed by atoms with van der Waals surface area (Å²) in [7, 11) is 2.14. The molecule has 17 heavy (non-hydrogen) atoms. The SMILES string of the molecule is Cc1ccc(Br)cc1N(C)CCC(C)(C)CN. The Balaban J connectivity index is 2.70. The van der Waals surface area contributed by atoms with Gasteiger partial charge in [-0.3, -0.25) is 0 Å². The van der Waals surface area contributed by atoms with Crippen LogP contribution in [-0.2, 0) is 0 Å². The van der Waals surface area contributed by atoms with E-state index in [-0.39, 0.29) is 5.41 Å². The highest BCUT2D eigenvalue weighted by Gasteiger charge is 2.16. The first-order chi connectivity index (χ1) is 7.85. The maximum atomic E-state index is 5.76. The fraction of sp³-hybridized carbons (Fsp3) is 0.571. The number of halogens is 1. The van der Waals surface area contributed by atoms with Crippen molar-refractivity contribution in [2.75, 3.05) is 25.0 Å². The molecule has 1 aromatic rings. The summed E-state index contributed by atoms with van der Waals surface area (Å²) < 4.78 is 1.13. The first-order valence-electron chi connectivity index (χ1n) is 6.03. The second-order valence-corrected chi connectivity index (χ2v) is 6.39. The van der Waals surface area contributed by atoms with Gasteiger partial charge in [0.1, 0.15) is 0 Å². The molecule has 0 aliphatic heterocycles. The molecule has 2 N–H and O–H groups in total. The van der Waals surface area contributed by atoms with Gasteiger partial charge in [-0.25, -0.2) is 0 Å². The minimum absolute atomic E-state index is 0.216. The third kappa shape index (κ3) is 4.32. The second kappa shape index (κ2) is 5.87. The third-order valence-electron chi connectivity index (χ3n) is 3.26. The minimum Gasteiger partial charge on any atom is -0.374 e.